The van der Waals surface area contributed by atoms with E-state index in [-0.39, 0.29) is 0 Å². The van der Waals surface area contributed by atoms with E-state index in [0.717, 1.165) is 16.6 Å². The van der Waals surface area contributed by atoms with Crippen LogP contribution in [0.5, 0.6) is 5.75 Å². The van der Waals surface area contributed by atoms with E-state index in [4.69, 9.17) is 16.3 Å². The van der Waals surface area contributed by atoms with E-state index in [2.05, 4.69) is 47.2 Å². The summed E-state index contributed by atoms with van der Waals surface area (Å²) in [5.74, 6) is 0.700. The van der Waals surface area contributed by atoms with Gasteiger partial charge in [-0.05, 0) is 54.8 Å². The molecule has 0 bridgehead atoms. The Hall–Kier alpha value is -1.19. The summed E-state index contributed by atoms with van der Waals surface area (Å²) in [6, 6.07) is 10.0. The Morgan fingerprint density at radius 3 is 2.35 bits per heavy atom. The third-order valence-corrected chi connectivity index (χ3v) is 3.94. The molecule has 0 amide bonds. The third-order valence-electron chi connectivity index (χ3n) is 3.18. The Morgan fingerprint density at radius 2 is 1.80 bits per heavy atom. The van der Waals surface area contributed by atoms with E-state index in [1.54, 1.807) is 7.11 Å². The first-order valence-electron chi connectivity index (χ1n) is 6.34. The van der Waals surface area contributed by atoms with Gasteiger partial charge in [0.25, 0.3) is 0 Å². The highest BCUT2D eigenvalue weighted by Gasteiger charge is 2.05. The van der Waals surface area contributed by atoms with E-state index < -0.39 is 0 Å². The number of aryl methyl sites for hydroxylation is 2. The first-order chi connectivity index (χ1) is 9.51. The molecule has 2 nitrogen and oxygen atoms in total. The highest BCUT2D eigenvalue weighted by atomic mass is 79.9. The third kappa shape index (κ3) is 3.47. The van der Waals surface area contributed by atoms with Gasteiger partial charge in [0.15, 0.2) is 0 Å². The Bertz CT molecular complexity index is 605. The minimum atomic E-state index is 0.635. The van der Waals surface area contributed by atoms with Crippen molar-refractivity contribution in [3.05, 3.63) is 56.5 Å². The zero-order valence-electron chi connectivity index (χ0n) is 11.8. The van der Waals surface area contributed by atoms with Gasteiger partial charge in [-0.15, -0.1) is 0 Å². The van der Waals surface area contributed by atoms with Crippen LogP contribution in [0, 0.1) is 13.8 Å². The molecule has 0 aromatic heterocycles. The van der Waals surface area contributed by atoms with Crippen molar-refractivity contribution in [3.8, 4) is 5.75 Å². The molecule has 0 aliphatic heterocycles. The average molecular weight is 355 g/mol. The molecule has 2 aromatic carbocycles. The van der Waals surface area contributed by atoms with E-state index in [9.17, 15) is 0 Å². The Labute approximate surface area is 133 Å². The Kier molecular flexibility index (Phi) is 4.95. The largest absolute Gasteiger partial charge is 0.495 e. The molecule has 0 fully saturated rings. The number of hydrogen-bond donors (Lipinski definition) is 1. The predicted octanol–water partition coefficient (Wildman–Crippen LogP) is 5.34. The molecule has 0 saturated heterocycles. The number of benzene rings is 2. The molecular weight excluding hydrogens is 338 g/mol. The number of rotatable bonds is 4. The van der Waals surface area contributed by atoms with E-state index in [0.29, 0.717) is 10.8 Å². The Morgan fingerprint density at radius 1 is 1.15 bits per heavy atom. The highest BCUT2D eigenvalue weighted by Crippen LogP contribution is 2.27. The number of hydrogen-bond acceptors (Lipinski definition) is 2. The van der Waals surface area contributed by atoms with Crippen LogP contribution in [0.15, 0.2) is 34.8 Å². The number of anilines is 1. The van der Waals surface area contributed by atoms with Gasteiger partial charge in [0.1, 0.15) is 5.75 Å². The van der Waals surface area contributed by atoms with Crippen molar-refractivity contribution in [1.82, 2.24) is 0 Å². The molecule has 0 aliphatic rings. The van der Waals surface area contributed by atoms with E-state index >= 15 is 0 Å². The maximum atomic E-state index is 6.14. The second-order valence-corrected chi connectivity index (χ2v) is 6.06. The van der Waals surface area contributed by atoms with Crippen LogP contribution in [0.1, 0.15) is 16.7 Å². The van der Waals surface area contributed by atoms with Crippen LogP contribution in [0.25, 0.3) is 0 Å². The molecule has 1 N–H and O–H groups in total. The maximum absolute atomic E-state index is 6.14. The quantitative estimate of drug-likeness (QED) is 0.800. The summed E-state index contributed by atoms with van der Waals surface area (Å²) in [5.41, 5.74) is 4.73. The van der Waals surface area contributed by atoms with Gasteiger partial charge >= 0.3 is 0 Å². The van der Waals surface area contributed by atoms with Crippen LogP contribution < -0.4 is 10.1 Å². The second-order valence-electron chi connectivity index (χ2n) is 4.74. The topological polar surface area (TPSA) is 21.3 Å². The van der Waals surface area contributed by atoms with Crippen molar-refractivity contribution < 1.29 is 4.74 Å². The summed E-state index contributed by atoms with van der Waals surface area (Å²) < 4.78 is 6.26. The fourth-order valence-corrected chi connectivity index (χ4v) is 3.17. The van der Waals surface area contributed by atoms with Gasteiger partial charge < -0.3 is 10.1 Å². The summed E-state index contributed by atoms with van der Waals surface area (Å²) in [6.45, 7) is 4.93. The highest BCUT2D eigenvalue weighted by molar-refractivity contribution is 9.10. The van der Waals surface area contributed by atoms with Gasteiger partial charge in [-0.2, -0.15) is 0 Å². The van der Waals surface area contributed by atoms with Gasteiger partial charge in [0, 0.05) is 16.7 Å². The molecule has 0 radical (unpaired) electrons. The lowest BCUT2D eigenvalue weighted by atomic mass is 10.1. The SMILES string of the molecule is COc1ccc(CNc2c(C)cc(Br)cc2C)cc1Cl. The zero-order chi connectivity index (χ0) is 14.7. The van der Waals surface area contributed by atoms with Gasteiger partial charge in [0.2, 0.25) is 0 Å². The molecule has 20 heavy (non-hydrogen) atoms. The first kappa shape index (κ1) is 15.2. The summed E-state index contributed by atoms with van der Waals surface area (Å²) in [7, 11) is 1.62. The summed E-state index contributed by atoms with van der Waals surface area (Å²) in [5, 5.41) is 4.10. The molecule has 0 spiro atoms. The van der Waals surface area contributed by atoms with E-state index in [1.165, 1.54) is 16.8 Å². The van der Waals surface area contributed by atoms with Crippen molar-refractivity contribution in [2.45, 2.75) is 20.4 Å². The molecule has 4 heteroatoms. The summed E-state index contributed by atoms with van der Waals surface area (Å²) in [4.78, 5) is 0. The predicted molar refractivity (Wildman–Crippen MR) is 88.9 cm³/mol. The van der Waals surface area contributed by atoms with Gasteiger partial charge in [-0.1, -0.05) is 33.6 Å². The summed E-state index contributed by atoms with van der Waals surface area (Å²) >= 11 is 9.65. The zero-order valence-corrected chi connectivity index (χ0v) is 14.1. The number of methoxy groups -OCH3 is 1. The molecule has 0 saturated carbocycles. The van der Waals surface area contributed by atoms with Crippen molar-refractivity contribution in [1.29, 1.82) is 0 Å². The van der Waals surface area contributed by atoms with Gasteiger partial charge in [-0.25, -0.2) is 0 Å². The Balaban J connectivity index is 2.15. The average Bonchev–Trinajstić information content (AvgIpc) is 2.37. The lowest BCUT2D eigenvalue weighted by Crippen LogP contribution is -2.03. The van der Waals surface area contributed by atoms with Crippen molar-refractivity contribution in [2.24, 2.45) is 0 Å². The molecule has 106 valence electrons. The fraction of sp³-hybridized carbons (Fsp3) is 0.250. The lowest BCUT2D eigenvalue weighted by Gasteiger charge is -2.14. The van der Waals surface area contributed by atoms with Crippen molar-refractivity contribution in [2.75, 3.05) is 12.4 Å². The number of nitrogens with one attached hydrogen (secondary N) is 1. The second kappa shape index (κ2) is 6.51. The fourth-order valence-electron chi connectivity index (χ4n) is 2.20. The monoisotopic (exact) mass is 353 g/mol. The minimum absolute atomic E-state index is 0.635. The molecule has 2 aromatic rings. The van der Waals surface area contributed by atoms with Crippen LogP contribution >= 0.6 is 27.5 Å². The van der Waals surface area contributed by atoms with Gasteiger partial charge in [-0.3, -0.25) is 0 Å². The smallest absolute Gasteiger partial charge is 0.137 e. The van der Waals surface area contributed by atoms with Gasteiger partial charge in [0.05, 0.1) is 12.1 Å². The summed E-state index contributed by atoms with van der Waals surface area (Å²) in [6.07, 6.45) is 0. The minimum Gasteiger partial charge on any atom is -0.495 e. The normalized spacial score (nSPS) is 10.4. The van der Waals surface area contributed by atoms with E-state index in [1.807, 2.05) is 18.2 Å². The molecule has 0 atom stereocenters. The molecule has 0 heterocycles. The van der Waals surface area contributed by atoms with Crippen LogP contribution in [-0.4, -0.2) is 7.11 Å². The van der Waals surface area contributed by atoms with Crippen LogP contribution in [0.4, 0.5) is 5.69 Å². The standard InChI is InChI=1S/C16H17BrClNO/c1-10-6-13(17)7-11(2)16(10)19-9-12-4-5-15(20-3)14(18)8-12/h4-8,19H,9H2,1-3H3. The molecule has 0 unspecified atom stereocenters. The van der Waals surface area contributed by atoms with Crippen molar-refractivity contribution >= 4 is 33.2 Å². The first-order valence-corrected chi connectivity index (χ1v) is 7.51. The van der Waals surface area contributed by atoms with Crippen LogP contribution in [0.3, 0.4) is 0 Å². The molecule has 0 aliphatic carbocycles. The van der Waals surface area contributed by atoms with Crippen LogP contribution in [-0.2, 0) is 6.54 Å². The maximum Gasteiger partial charge on any atom is 0.137 e. The lowest BCUT2D eigenvalue weighted by molar-refractivity contribution is 0.415. The van der Waals surface area contributed by atoms with Crippen LogP contribution in [0.2, 0.25) is 5.02 Å². The number of ether oxygens (including phenoxy) is 1. The molecule has 2 rings (SSSR count). The molecular formula is C16H17BrClNO. The van der Waals surface area contributed by atoms with Crippen molar-refractivity contribution in [3.63, 3.8) is 0 Å². The number of halogens is 2.